The molecule has 11 aromatic rings. The molecular weight excluding hydrogens is 635 g/mol. The van der Waals surface area contributed by atoms with Crippen LogP contribution in [0.3, 0.4) is 0 Å². The van der Waals surface area contributed by atoms with E-state index in [1.54, 1.807) is 11.3 Å². The predicted octanol–water partition coefficient (Wildman–Crippen LogP) is 12.8. The van der Waals surface area contributed by atoms with Crippen LogP contribution in [0.1, 0.15) is 0 Å². The number of aromatic nitrogens is 3. The molecule has 0 bridgehead atoms. The standard InChI is InChI=1S/C44H25N3S2/c1-3-14-26(15-4-1)28-22-13-23-33-37-30-19-8-7-18-29(30)36-31-20-9-11-24-34(31)47(40(36)42(37)49-41(28)33)44-45-38(27-16-5-2-6-17-27)43-39(46-44)32-21-10-12-25-35(32)48-43/h1-25H. The van der Waals surface area contributed by atoms with Crippen molar-refractivity contribution in [2.45, 2.75) is 0 Å². The second-order valence-electron chi connectivity index (χ2n) is 12.5. The Hall–Kier alpha value is -5.88. The normalized spacial score (nSPS) is 12.1. The van der Waals surface area contributed by atoms with Crippen molar-refractivity contribution >= 4 is 95.7 Å². The molecule has 0 atom stereocenters. The lowest BCUT2D eigenvalue weighted by atomic mass is 9.97. The molecule has 3 nitrogen and oxygen atoms in total. The average Bonchev–Trinajstić information content (AvgIpc) is 3.85. The Balaban J connectivity index is 1.36. The van der Waals surface area contributed by atoms with E-state index in [1.807, 2.05) is 11.3 Å². The Kier molecular flexibility index (Phi) is 5.70. The topological polar surface area (TPSA) is 30.7 Å². The predicted molar refractivity (Wildman–Crippen MR) is 211 cm³/mol. The quantitative estimate of drug-likeness (QED) is 0.189. The molecule has 5 heteroatoms. The summed E-state index contributed by atoms with van der Waals surface area (Å²) in [6, 6.07) is 54.3. The lowest BCUT2D eigenvalue weighted by Gasteiger charge is -2.11. The summed E-state index contributed by atoms with van der Waals surface area (Å²) >= 11 is 3.66. The van der Waals surface area contributed by atoms with Crippen molar-refractivity contribution in [2.75, 3.05) is 0 Å². The third-order valence-corrected chi connectivity index (χ3v) is 12.2. The van der Waals surface area contributed by atoms with Crippen molar-refractivity contribution in [1.29, 1.82) is 0 Å². The summed E-state index contributed by atoms with van der Waals surface area (Å²) in [7, 11) is 0. The van der Waals surface area contributed by atoms with Gasteiger partial charge in [-0.2, -0.15) is 0 Å². The fourth-order valence-corrected chi connectivity index (χ4v) is 10.3. The second-order valence-corrected chi connectivity index (χ2v) is 14.6. The third-order valence-electron chi connectivity index (χ3n) is 9.81. The maximum absolute atomic E-state index is 5.48. The molecule has 0 amide bonds. The molecule has 11 rings (SSSR count). The van der Waals surface area contributed by atoms with Crippen LogP contribution in [0.15, 0.2) is 152 Å². The molecular formula is C44H25N3S2. The number of benzene rings is 7. The fraction of sp³-hybridized carbons (Fsp3) is 0. The highest BCUT2D eigenvalue weighted by atomic mass is 32.1. The van der Waals surface area contributed by atoms with Gasteiger partial charge in [0.1, 0.15) is 0 Å². The largest absolute Gasteiger partial charge is 0.276 e. The first-order chi connectivity index (χ1) is 24.3. The number of nitrogens with zero attached hydrogens (tertiary/aromatic N) is 3. The first-order valence-corrected chi connectivity index (χ1v) is 18.1. The molecule has 0 saturated heterocycles. The number of hydrogen-bond acceptors (Lipinski definition) is 4. The van der Waals surface area contributed by atoms with Crippen LogP contribution in [0, 0.1) is 0 Å². The molecule has 0 fully saturated rings. The Morgan fingerprint density at radius 2 is 1.06 bits per heavy atom. The monoisotopic (exact) mass is 659 g/mol. The molecule has 4 heterocycles. The molecule has 0 saturated carbocycles. The van der Waals surface area contributed by atoms with Gasteiger partial charge in [-0.05, 0) is 34.0 Å². The van der Waals surface area contributed by atoms with Crippen molar-refractivity contribution in [3.05, 3.63) is 152 Å². The van der Waals surface area contributed by atoms with Gasteiger partial charge in [0, 0.05) is 41.9 Å². The maximum Gasteiger partial charge on any atom is 0.235 e. The highest BCUT2D eigenvalue weighted by Gasteiger charge is 2.25. The molecule has 0 N–H and O–H groups in total. The number of hydrogen-bond donors (Lipinski definition) is 0. The van der Waals surface area contributed by atoms with E-state index in [2.05, 4.69) is 156 Å². The van der Waals surface area contributed by atoms with E-state index >= 15 is 0 Å². The minimum absolute atomic E-state index is 0.693. The SMILES string of the molecule is c1ccc(-c2cccc3c2sc2c3c3ccccc3c3c4ccccc4n(-c4nc(-c5ccccc5)c5sc6ccccc6c5n4)c23)cc1. The molecule has 0 aliphatic rings. The van der Waals surface area contributed by atoms with Crippen LogP contribution in [-0.2, 0) is 0 Å². The van der Waals surface area contributed by atoms with Crippen LogP contribution < -0.4 is 0 Å². The van der Waals surface area contributed by atoms with E-state index in [0.717, 1.165) is 37.9 Å². The van der Waals surface area contributed by atoms with E-state index in [0.29, 0.717) is 5.95 Å². The van der Waals surface area contributed by atoms with Gasteiger partial charge in [0.15, 0.2) is 0 Å². The number of para-hydroxylation sites is 1. The van der Waals surface area contributed by atoms with E-state index < -0.39 is 0 Å². The van der Waals surface area contributed by atoms with E-state index in [1.165, 1.54) is 57.5 Å². The number of thiophene rings is 2. The highest BCUT2D eigenvalue weighted by Crippen LogP contribution is 2.50. The Labute approximate surface area is 289 Å². The van der Waals surface area contributed by atoms with Crippen molar-refractivity contribution in [3.63, 3.8) is 0 Å². The molecule has 7 aromatic carbocycles. The van der Waals surface area contributed by atoms with Crippen molar-refractivity contribution in [3.8, 4) is 28.3 Å². The Bertz CT molecular complexity index is 3100. The van der Waals surface area contributed by atoms with Crippen LogP contribution in [0.5, 0.6) is 0 Å². The molecule has 0 unspecified atom stereocenters. The number of fused-ring (bicyclic) bond motifs is 13. The zero-order valence-electron chi connectivity index (χ0n) is 26.1. The third kappa shape index (κ3) is 3.83. The minimum Gasteiger partial charge on any atom is -0.276 e. The maximum atomic E-state index is 5.48. The summed E-state index contributed by atoms with van der Waals surface area (Å²) in [6.45, 7) is 0. The van der Waals surface area contributed by atoms with Gasteiger partial charge in [0.2, 0.25) is 5.95 Å². The molecule has 0 spiro atoms. The van der Waals surface area contributed by atoms with Gasteiger partial charge in [-0.1, -0.05) is 140 Å². The van der Waals surface area contributed by atoms with Crippen molar-refractivity contribution in [2.24, 2.45) is 0 Å². The second kappa shape index (κ2) is 10.3. The molecule has 228 valence electrons. The summed E-state index contributed by atoms with van der Waals surface area (Å²) in [6.07, 6.45) is 0. The highest BCUT2D eigenvalue weighted by molar-refractivity contribution is 7.27. The summed E-state index contributed by atoms with van der Waals surface area (Å²) in [5, 5.41) is 8.69. The van der Waals surface area contributed by atoms with E-state index in [-0.39, 0.29) is 0 Å². The van der Waals surface area contributed by atoms with E-state index in [9.17, 15) is 0 Å². The zero-order valence-corrected chi connectivity index (χ0v) is 27.7. The van der Waals surface area contributed by atoms with Gasteiger partial charge in [-0.3, -0.25) is 4.57 Å². The summed E-state index contributed by atoms with van der Waals surface area (Å²) < 4.78 is 7.22. The van der Waals surface area contributed by atoms with Crippen LogP contribution in [0.4, 0.5) is 0 Å². The first-order valence-electron chi connectivity index (χ1n) is 16.4. The van der Waals surface area contributed by atoms with Gasteiger partial charge in [0.05, 0.1) is 31.6 Å². The Morgan fingerprint density at radius 1 is 0.429 bits per heavy atom. The minimum atomic E-state index is 0.693. The summed E-state index contributed by atoms with van der Waals surface area (Å²) in [5.41, 5.74) is 7.80. The average molecular weight is 660 g/mol. The van der Waals surface area contributed by atoms with Gasteiger partial charge >= 0.3 is 0 Å². The zero-order chi connectivity index (χ0) is 32.1. The lowest BCUT2D eigenvalue weighted by Crippen LogP contribution is -2.02. The first kappa shape index (κ1) is 27.1. The molecule has 0 aliphatic carbocycles. The fourth-order valence-electron chi connectivity index (χ4n) is 7.72. The van der Waals surface area contributed by atoms with Crippen molar-refractivity contribution in [1.82, 2.24) is 14.5 Å². The molecule has 49 heavy (non-hydrogen) atoms. The van der Waals surface area contributed by atoms with Crippen molar-refractivity contribution < 1.29 is 0 Å². The molecule has 0 aliphatic heterocycles. The summed E-state index contributed by atoms with van der Waals surface area (Å²) in [5.74, 6) is 0.693. The smallest absolute Gasteiger partial charge is 0.235 e. The lowest BCUT2D eigenvalue weighted by molar-refractivity contribution is 1.02. The van der Waals surface area contributed by atoms with Crippen LogP contribution in [0.2, 0.25) is 0 Å². The van der Waals surface area contributed by atoms with Crippen LogP contribution >= 0.6 is 22.7 Å². The van der Waals surface area contributed by atoms with Crippen LogP contribution in [-0.4, -0.2) is 14.5 Å². The molecule has 4 aromatic heterocycles. The van der Waals surface area contributed by atoms with Gasteiger partial charge in [0.25, 0.3) is 0 Å². The van der Waals surface area contributed by atoms with Crippen LogP contribution in [0.25, 0.3) is 101 Å². The van der Waals surface area contributed by atoms with Gasteiger partial charge in [-0.15, -0.1) is 22.7 Å². The molecule has 0 radical (unpaired) electrons. The van der Waals surface area contributed by atoms with Gasteiger partial charge < -0.3 is 0 Å². The summed E-state index contributed by atoms with van der Waals surface area (Å²) in [4.78, 5) is 10.9. The Morgan fingerprint density at radius 3 is 1.86 bits per heavy atom. The number of rotatable bonds is 3. The van der Waals surface area contributed by atoms with E-state index in [4.69, 9.17) is 9.97 Å². The van der Waals surface area contributed by atoms with Gasteiger partial charge in [-0.25, -0.2) is 9.97 Å².